The standard InChI is InChI=1S/C12H7Cl2N3/c13-9-5-2-1-4-8(9)11-15-12-10(14)6-3-7-17(12)16-11/h1-7H. The van der Waals surface area contributed by atoms with Crippen LogP contribution in [0.4, 0.5) is 0 Å². The van der Waals surface area contributed by atoms with Crippen LogP contribution in [0, 0.1) is 0 Å². The summed E-state index contributed by atoms with van der Waals surface area (Å²) in [5, 5.41) is 5.53. The summed E-state index contributed by atoms with van der Waals surface area (Å²) in [7, 11) is 0. The first-order chi connectivity index (χ1) is 8.25. The zero-order valence-electron chi connectivity index (χ0n) is 8.64. The van der Waals surface area contributed by atoms with Crippen LogP contribution in [0.25, 0.3) is 17.0 Å². The first-order valence-corrected chi connectivity index (χ1v) is 5.77. The highest BCUT2D eigenvalue weighted by Gasteiger charge is 2.10. The molecule has 0 aliphatic rings. The van der Waals surface area contributed by atoms with Crippen molar-refractivity contribution in [1.29, 1.82) is 0 Å². The van der Waals surface area contributed by atoms with Gasteiger partial charge < -0.3 is 0 Å². The second kappa shape index (κ2) is 4.02. The minimum atomic E-state index is 0.568. The van der Waals surface area contributed by atoms with Crippen molar-refractivity contribution in [2.75, 3.05) is 0 Å². The average Bonchev–Trinajstić information content (AvgIpc) is 2.75. The number of aromatic nitrogens is 3. The first kappa shape index (κ1) is 10.6. The highest BCUT2D eigenvalue weighted by molar-refractivity contribution is 6.34. The van der Waals surface area contributed by atoms with Crippen LogP contribution in [-0.4, -0.2) is 14.6 Å². The Bertz CT molecular complexity index is 691. The van der Waals surface area contributed by atoms with Gasteiger partial charge in [-0.25, -0.2) is 9.50 Å². The highest BCUT2D eigenvalue weighted by Crippen LogP contribution is 2.26. The zero-order chi connectivity index (χ0) is 11.8. The first-order valence-electron chi connectivity index (χ1n) is 5.01. The number of hydrogen-bond donors (Lipinski definition) is 0. The van der Waals surface area contributed by atoms with E-state index in [-0.39, 0.29) is 0 Å². The smallest absolute Gasteiger partial charge is 0.183 e. The molecule has 1 aromatic carbocycles. The molecule has 0 spiro atoms. The van der Waals surface area contributed by atoms with Gasteiger partial charge in [0.2, 0.25) is 0 Å². The second-order valence-electron chi connectivity index (χ2n) is 3.54. The average molecular weight is 264 g/mol. The SMILES string of the molecule is Clc1ccccc1-c1nc2c(Cl)cccn2n1. The van der Waals surface area contributed by atoms with E-state index in [2.05, 4.69) is 10.1 Å². The molecule has 84 valence electrons. The monoisotopic (exact) mass is 263 g/mol. The Labute approximate surface area is 108 Å². The van der Waals surface area contributed by atoms with Crippen LogP contribution in [0.5, 0.6) is 0 Å². The van der Waals surface area contributed by atoms with Crippen molar-refractivity contribution in [1.82, 2.24) is 14.6 Å². The zero-order valence-corrected chi connectivity index (χ0v) is 10.2. The molecule has 0 unspecified atom stereocenters. The molecule has 2 aromatic heterocycles. The Morgan fingerprint density at radius 2 is 1.71 bits per heavy atom. The van der Waals surface area contributed by atoms with Gasteiger partial charge in [-0.05, 0) is 24.3 Å². The van der Waals surface area contributed by atoms with Crippen molar-refractivity contribution in [2.24, 2.45) is 0 Å². The molecule has 0 saturated carbocycles. The Balaban J connectivity index is 2.26. The van der Waals surface area contributed by atoms with Crippen molar-refractivity contribution >= 4 is 28.8 Å². The van der Waals surface area contributed by atoms with E-state index in [1.165, 1.54) is 0 Å². The Morgan fingerprint density at radius 3 is 2.47 bits per heavy atom. The molecule has 0 saturated heterocycles. The molecule has 3 aromatic rings. The Hall–Kier alpha value is -1.58. The van der Waals surface area contributed by atoms with E-state index in [1.54, 1.807) is 16.8 Å². The van der Waals surface area contributed by atoms with Crippen molar-refractivity contribution in [3.63, 3.8) is 0 Å². The van der Waals surface area contributed by atoms with Crippen LogP contribution in [0.1, 0.15) is 0 Å². The molecule has 0 N–H and O–H groups in total. The fourth-order valence-corrected chi connectivity index (χ4v) is 2.05. The number of fused-ring (bicyclic) bond motifs is 1. The van der Waals surface area contributed by atoms with Crippen LogP contribution in [0.2, 0.25) is 10.0 Å². The van der Waals surface area contributed by atoms with Gasteiger partial charge in [-0.15, -0.1) is 5.10 Å². The summed E-state index contributed by atoms with van der Waals surface area (Å²) in [6.45, 7) is 0. The molecule has 0 fully saturated rings. The van der Waals surface area contributed by atoms with E-state index in [4.69, 9.17) is 23.2 Å². The number of benzene rings is 1. The third kappa shape index (κ3) is 1.77. The summed E-state index contributed by atoms with van der Waals surface area (Å²) in [6, 6.07) is 11.1. The van der Waals surface area contributed by atoms with Crippen LogP contribution >= 0.6 is 23.2 Å². The van der Waals surface area contributed by atoms with E-state index < -0.39 is 0 Å². The van der Waals surface area contributed by atoms with Crippen LogP contribution in [-0.2, 0) is 0 Å². The lowest BCUT2D eigenvalue weighted by Gasteiger charge is -1.96. The van der Waals surface area contributed by atoms with Crippen molar-refractivity contribution in [3.8, 4) is 11.4 Å². The van der Waals surface area contributed by atoms with Crippen molar-refractivity contribution in [2.45, 2.75) is 0 Å². The van der Waals surface area contributed by atoms with Gasteiger partial charge in [0.25, 0.3) is 0 Å². The molecule has 0 aliphatic carbocycles. The van der Waals surface area contributed by atoms with Crippen molar-refractivity contribution < 1.29 is 0 Å². The van der Waals surface area contributed by atoms with Gasteiger partial charge in [0.15, 0.2) is 11.5 Å². The van der Waals surface area contributed by atoms with E-state index >= 15 is 0 Å². The molecule has 0 atom stereocenters. The molecule has 0 aliphatic heterocycles. The van der Waals surface area contributed by atoms with Gasteiger partial charge in [0, 0.05) is 11.8 Å². The van der Waals surface area contributed by atoms with E-state index in [0.29, 0.717) is 21.5 Å². The van der Waals surface area contributed by atoms with Crippen molar-refractivity contribution in [3.05, 3.63) is 52.6 Å². The summed E-state index contributed by atoms with van der Waals surface area (Å²) >= 11 is 12.1. The lowest BCUT2D eigenvalue weighted by molar-refractivity contribution is 0.966. The molecule has 5 heteroatoms. The van der Waals surface area contributed by atoms with E-state index in [9.17, 15) is 0 Å². The molecule has 17 heavy (non-hydrogen) atoms. The minimum Gasteiger partial charge on any atom is -0.219 e. The maximum atomic E-state index is 6.10. The highest BCUT2D eigenvalue weighted by atomic mass is 35.5. The number of pyridine rings is 1. The lowest BCUT2D eigenvalue weighted by atomic mass is 10.2. The molecular weight excluding hydrogens is 257 g/mol. The van der Waals surface area contributed by atoms with Gasteiger partial charge in [-0.3, -0.25) is 0 Å². The normalized spacial score (nSPS) is 10.9. The molecule has 0 bridgehead atoms. The van der Waals surface area contributed by atoms with Gasteiger partial charge in [-0.2, -0.15) is 0 Å². The molecular formula is C12H7Cl2N3. The summed E-state index contributed by atoms with van der Waals surface area (Å²) in [4.78, 5) is 4.38. The number of rotatable bonds is 1. The topological polar surface area (TPSA) is 30.2 Å². The summed E-state index contributed by atoms with van der Waals surface area (Å²) in [6.07, 6.45) is 1.80. The second-order valence-corrected chi connectivity index (χ2v) is 4.35. The summed E-state index contributed by atoms with van der Waals surface area (Å²) in [5.74, 6) is 0.573. The number of hydrogen-bond acceptors (Lipinski definition) is 2. The summed E-state index contributed by atoms with van der Waals surface area (Å²) in [5.41, 5.74) is 1.43. The maximum absolute atomic E-state index is 6.10. The molecule has 0 radical (unpaired) electrons. The van der Waals surface area contributed by atoms with Gasteiger partial charge in [-0.1, -0.05) is 35.3 Å². The molecule has 3 nitrogen and oxygen atoms in total. The largest absolute Gasteiger partial charge is 0.219 e. The predicted molar refractivity (Wildman–Crippen MR) is 68.4 cm³/mol. The maximum Gasteiger partial charge on any atom is 0.183 e. The van der Waals surface area contributed by atoms with Crippen LogP contribution in [0.15, 0.2) is 42.6 Å². The fourth-order valence-electron chi connectivity index (χ4n) is 1.63. The quantitative estimate of drug-likeness (QED) is 0.670. The molecule has 0 amide bonds. The lowest BCUT2D eigenvalue weighted by Crippen LogP contribution is -1.86. The third-order valence-corrected chi connectivity index (χ3v) is 3.05. The number of nitrogens with zero attached hydrogens (tertiary/aromatic N) is 3. The van der Waals surface area contributed by atoms with Crippen LogP contribution in [0.3, 0.4) is 0 Å². The van der Waals surface area contributed by atoms with E-state index in [1.807, 2.05) is 30.3 Å². The third-order valence-electron chi connectivity index (χ3n) is 2.43. The van der Waals surface area contributed by atoms with Gasteiger partial charge in [0.1, 0.15) is 0 Å². The molecule has 2 heterocycles. The number of halogens is 2. The summed E-state index contributed by atoms with van der Waals surface area (Å²) < 4.78 is 1.64. The van der Waals surface area contributed by atoms with E-state index in [0.717, 1.165) is 5.56 Å². The molecule has 3 rings (SSSR count). The Kier molecular flexibility index (Phi) is 2.50. The van der Waals surface area contributed by atoms with Crippen LogP contribution < -0.4 is 0 Å². The Morgan fingerprint density at radius 1 is 0.941 bits per heavy atom. The minimum absolute atomic E-state index is 0.568. The predicted octanol–water partition coefficient (Wildman–Crippen LogP) is 3.70. The van der Waals surface area contributed by atoms with Gasteiger partial charge in [0.05, 0.1) is 10.0 Å². The van der Waals surface area contributed by atoms with Gasteiger partial charge >= 0.3 is 0 Å². The fraction of sp³-hybridized carbons (Fsp3) is 0.